The fraction of sp³-hybridized carbons (Fsp3) is 0.875. The summed E-state index contributed by atoms with van der Waals surface area (Å²) in [6.07, 6.45) is 0.699. The second-order valence-corrected chi connectivity index (χ2v) is 3.61. The third-order valence-electron chi connectivity index (χ3n) is 3.18. The summed E-state index contributed by atoms with van der Waals surface area (Å²) < 4.78 is 5.49. The number of morpholine rings is 1. The molecular formula is C8H12BNO2. The first-order valence-electron chi connectivity index (χ1n) is 4.36. The van der Waals surface area contributed by atoms with Crippen LogP contribution in [-0.2, 0) is 9.53 Å². The number of ether oxygens (including phenoxy) is 1. The van der Waals surface area contributed by atoms with Gasteiger partial charge < -0.3 is 10.1 Å². The minimum atomic E-state index is -0.635. The number of carbonyl (C=O) groups excluding carboxylic acids is 1. The average molecular weight is 165 g/mol. The normalized spacial score (nSPS) is 51.2. The highest BCUT2D eigenvalue weighted by Gasteiger charge is 2.60. The molecule has 0 spiro atoms. The van der Waals surface area contributed by atoms with Gasteiger partial charge in [-0.05, 0) is 6.42 Å². The Hall–Kier alpha value is -0.505. The lowest BCUT2D eigenvalue weighted by molar-refractivity contribution is -0.147. The van der Waals surface area contributed by atoms with Gasteiger partial charge in [0.15, 0.2) is 0 Å². The lowest BCUT2D eigenvalue weighted by atomic mass is 9.84. The van der Waals surface area contributed by atoms with Gasteiger partial charge in [-0.1, -0.05) is 13.8 Å². The molecule has 3 nitrogen and oxygen atoms in total. The lowest BCUT2D eigenvalue weighted by Crippen LogP contribution is -2.49. The van der Waals surface area contributed by atoms with Crippen molar-refractivity contribution in [1.82, 2.24) is 5.32 Å². The zero-order valence-corrected chi connectivity index (χ0v) is 7.33. The molecule has 2 saturated heterocycles. The van der Waals surface area contributed by atoms with Crippen molar-refractivity contribution >= 4 is 13.8 Å². The Bertz CT molecular complexity index is 233. The lowest BCUT2D eigenvalue weighted by Gasteiger charge is -2.28. The molecule has 0 saturated carbocycles. The van der Waals surface area contributed by atoms with Gasteiger partial charge in [0.25, 0.3) is 5.91 Å². The maximum absolute atomic E-state index is 11.5. The molecule has 2 aliphatic heterocycles. The number of hydrogen-bond acceptors (Lipinski definition) is 2. The summed E-state index contributed by atoms with van der Waals surface area (Å²) in [6.45, 7) is 3.97. The Morgan fingerprint density at radius 2 is 2.42 bits per heavy atom. The summed E-state index contributed by atoms with van der Waals surface area (Å²) in [5, 5.41) is 2.86. The molecule has 12 heavy (non-hydrogen) atoms. The number of nitrogens with one attached hydrogen (secondary N) is 1. The molecule has 0 aromatic heterocycles. The van der Waals surface area contributed by atoms with Crippen molar-refractivity contribution in [1.29, 1.82) is 0 Å². The molecule has 64 valence electrons. The molecular weight excluding hydrogens is 153 g/mol. The molecule has 2 bridgehead atoms. The van der Waals surface area contributed by atoms with E-state index in [1.165, 1.54) is 0 Å². The number of fused-ring (bicyclic) bond motifs is 2. The van der Waals surface area contributed by atoms with Crippen molar-refractivity contribution in [2.24, 2.45) is 5.92 Å². The topological polar surface area (TPSA) is 38.3 Å². The number of rotatable bonds is 1. The summed E-state index contributed by atoms with van der Waals surface area (Å²) in [5.74, 6) is 0.203. The van der Waals surface area contributed by atoms with Gasteiger partial charge in [0.2, 0.25) is 0 Å². The standard InChI is InChI=1S/C8H12BNO2/c1-3-8-4(2)5(6(9)12-8)10-7(8)11/h4-6H,3H2,1-2H3,(H,10,11)/t4?,5-,6+,8+/m0/s1. The molecule has 0 aliphatic carbocycles. The van der Waals surface area contributed by atoms with E-state index in [2.05, 4.69) is 5.32 Å². The van der Waals surface area contributed by atoms with Gasteiger partial charge in [-0.2, -0.15) is 0 Å². The van der Waals surface area contributed by atoms with Crippen LogP contribution < -0.4 is 5.32 Å². The van der Waals surface area contributed by atoms with Crippen LogP contribution in [0, 0.1) is 5.92 Å². The van der Waals surface area contributed by atoms with Crippen LogP contribution in [0.15, 0.2) is 0 Å². The summed E-state index contributed by atoms with van der Waals surface area (Å²) in [5.41, 5.74) is -0.635. The van der Waals surface area contributed by atoms with Crippen LogP contribution in [0.2, 0.25) is 0 Å². The predicted octanol–water partition coefficient (Wildman–Crippen LogP) is -0.206. The Balaban J connectivity index is 2.36. The zero-order chi connectivity index (χ0) is 8.93. The molecule has 2 rings (SSSR count). The maximum Gasteiger partial charge on any atom is 0.252 e. The summed E-state index contributed by atoms with van der Waals surface area (Å²) in [6, 6.07) is -0.310. The van der Waals surface area contributed by atoms with Gasteiger partial charge in [-0.3, -0.25) is 4.79 Å². The largest absolute Gasteiger partial charge is 0.369 e. The first-order chi connectivity index (χ1) is 5.62. The minimum Gasteiger partial charge on any atom is -0.369 e. The fourth-order valence-electron chi connectivity index (χ4n) is 2.30. The van der Waals surface area contributed by atoms with Gasteiger partial charge in [0.05, 0.1) is 6.04 Å². The van der Waals surface area contributed by atoms with Crippen molar-refractivity contribution in [3.8, 4) is 0 Å². The number of hydrogen-bond donors (Lipinski definition) is 1. The van der Waals surface area contributed by atoms with Crippen LogP contribution in [0.5, 0.6) is 0 Å². The second kappa shape index (κ2) is 2.25. The first kappa shape index (κ1) is 8.11. The van der Waals surface area contributed by atoms with E-state index in [-0.39, 0.29) is 23.9 Å². The fourth-order valence-corrected chi connectivity index (χ4v) is 2.30. The molecule has 1 amide bonds. The van der Waals surface area contributed by atoms with Gasteiger partial charge in [0, 0.05) is 11.9 Å². The molecule has 4 atom stereocenters. The third kappa shape index (κ3) is 0.691. The van der Waals surface area contributed by atoms with E-state index in [0.29, 0.717) is 6.42 Å². The molecule has 0 aromatic carbocycles. The van der Waals surface area contributed by atoms with Crippen LogP contribution >= 0.6 is 0 Å². The Labute approximate surface area is 73.3 Å². The van der Waals surface area contributed by atoms with Crippen LogP contribution in [0.1, 0.15) is 20.3 Å². The Kier molecular flexibility index (Phi) is 1.52. The SMILES string of the molecule is [B][C@@H]1O[C@@]2(CC)C(=O)N[C@H]1C2C. The second-order valence-electron chi connectivity index (χ2n) is 3.61. The Morgan fingerprint density at radius 1 is 1.75 bits per heavy atom. The van der Waals surface area contributed by atoms with Gasteiger partial charge >= 0.3 is 0 Å². The first-order valence-corrected chi connectivity index (χ1v) is 4.36. The quantitative estimate of drug-likeness (QED) is 0.546. The maximum atomic E-state index is 11.5. The molecule has 2 radical (unpaired) electrons. The third-order valence-corrected chi connectivity index (χ3v) is 3.18. The molecule has 1 unspecified atom stereocenters. The van der Waals surface area contributed by atoms with Crippen molar-refractivity contribution in [3.63, 3.8) is 0 Å². The molecule has 4 heteroatoms. The number of amides is 1. The highest BCUT2D eigenvalue weighted by molar-refractivity contribution is 6.13. The Morgan fingerprint density at radius 3 is 2.75 bits per heavy atom. The predicted molar refractivity (Wildman–Crippen MR) is 44.7 cm³/mol. The smallest absolute Gasteiger partial charge is 0.252 e. The van der Waals surface area contributed by atoms with Crippen molar-refractivity contribution in [2.75, 3.05) is 0 Å². The highest BCUT2D eigenvalue weighted by Crippen LogP contribution is 2.42. The summed E-state index contributed by atoms with van der Waals surface area (Å²) in [4.78, 5) is 11.5. The van der Waals surface area contributed by atoms with Crippen molar-refractivity contribution < 1.29 is 9.53 Å². The van der Waals surface area contributed by atoms with Crippen molar-refractivity contribution in [3.05, 3.63) is 0 Å². The van der Waals surface area contributed by atoms with Crippen LogP contribution in [-0.4, -0.2) is 31.4 Å². The van der Waals surface area contributed by atoms with E-state index in [1.54, 1.807) is 0 Å². The van der Waals surface area contributed by atoms with Crippen LogP contribution in [0.4, 0.5) is 0 Å². The summed E-state index contributed by atoms with van der Waals surface area (Å²) in [7, 11) is 5.70. The number of carbonyl (C=O) groups is 1. The van der Waals surface area contributed by atoms with Gasteiger partial charge in [-0.15, -0.1) is 0 Å². The van der Waals surface area contributed by atoms with Crippen molar-refractivity contribution in [2.45, 2.75) is 37.9 Å². The van der Waals surface area contributed by atoms with Crippen LogP contribution in [0.25, 0.3) is 0 Å². The highest BCUT2D eigenvalue weighted by atomic mass is 16.5. The molecule has 0 aromatic rings. The van der Waals surface area contributed by atoms with Crippen LogP contribution in [0.3, 0.4) is 0 Å². The summed E-state index contributed by atoms with van der Waals surface area (Å²) >= 11 is 0. The van der Waals surface area contributed by atoms with E-state index in [4.69, 9.17) is 12.6 Å². The monoisotopic (exact) mass is 165 g/mol. The van der Waals surface area contributed by atoms with E-state index in [9.17, 15) is 4.79 Å². The molecule has 2 fully saturated rings. The van der Waals surface area contributed by atoms with E-state index in [1.807, 2.05) is 13.8 Å². The zero-order valence-electron chi connectivity index (χ0n) is 7.33. The minimum absolute atomic E-state index is 0.00389. The van der Waals surface area contributed by atoms with E-state index >= 15 is 0 Å². The molecule has 2 heterocycles. The van der Waals surface area contributed by atoms with Gasteiger partial charge in [-0.25, -0.2) is 0 Å². The average Bonchev–Trinajstić information content (AvgIpc) is 2.41. The molecule has 1 N–H and O–H groups in total. The van der Waals surface area contributed by atoms with E-state index in [0.717, 1.165) is 0 Å². The van der Waals surface area contributed by atoms with E-state index < -0.39 is 5.60 Å². The molecule has 2 aliphatic rings. The van der Waals surface area contributed by atoms with Gasteiger partial charge in [0.1, 0.15) is 13.4 Å².